The van der Waals surface area contributed by atoms with Gasteiger partial charge < -0.3 is 5.32 Å². The molecule has 1 heteroatoms. The Morgan fingerprint density at radius 3 is 1.60 bits per heavy atom. The van der Waals surface area contributed by atoms with Crippen LogP contribution in [0.25, 0.3) is 24.4 Å². The third-order valence-electron chi connectivity index (χ3n) is 8.75. The molecule has 2 aromatic carbocycles. The summed E-state index contributed by atoms with van der Waals surface area (Å²) in [6.45, 7) is 35.6. The van der Waals surface area contributed by atoms with Gasteiger partial charge in [0.15, 0.2) is 0 Å². The highest BCUT2D eigenvalue weighted by molar-refractivity contribution is 5.41. The van der Waals surface area contributed by atoms with E-state index < -0.39 is 0 Å². The predicted octanol–water partition coefficient (Wildman–Crippen LogP) is 12.2. The van der Waals surface area contributed by atoms with Gasteiger partial charge in [0.05, 0.1) is 0 Å². The first-order valence-corrected chi connectivity index (χ1v) is 19.7. The minimum atomic E-state index is 1.02. The van der Waals surface area contributed by atoms with Crippen LogP contribution in [0.4, 0.5) is 0 Å². The van der Waals surface area contributed by atoms with Gasteiger partial charge in [-0.2, -0.15) is 0 Å². The SMILES string of the molecule is C=c1cc(C)cc/c1=C(\C)NC.C=c1cc(C)ccc1=C(C)C.CC.CC.CCCC1CCCCC1.CCCCCC(CC)CCC. The summed E-state index contributed by atoms with van der Waals surface area (Å²) in [5.41, 5.74) is 5.03. The monoisotopic (exact) mass is 650 g/mol. The lowest BCUT2D eigenvalue weighted by atomic mass is 9.86. The molecular weight excluding hydrogens is 567 g/mol. The number of benzene rings is 2. The molecule has 1 aliphatic carbocycles. The van der Waals surface area contributed by atoms with E-state index in [-0.39, 0.29) is 0 Å². The zero-order chi connectivity index (χ0) is 36.6. The number of rotatable bonds is 10. The zero-order valence-corrected chi connectivity index (χ0v) is 34.4. The molecular formula is C46H83N. The smallest absolute Gasteiger partial charge is 0.0152 e. The maximum absolute atomic E-state index is 3.99. The van der Waals surface area contributed by atoms with Gasteiger partial charge in [-0.15, -0.1) is 0 Å². The molecule has 2 aromatic rings. The van der Waals surface area contributed by atoms with Crippen molar-refractivity contribution in [2.24, 2.45) is 11.8 Å². The van der Waals surface area contributed by atoms with Crippen molar-refractivity contribution in [1.29, 1.82) is 0 Å². The van der Waals surface area contributed by atoms with E-state index in [1.165, 1.54) is 123 Å². The van der Waals surface area contributed by atoms with Gasteiger partial charge >= 0.3 is 0 Å². The van der Waals surface area contributed by atoms with Gasteiger partial charge in [0, 0.05) is 12.7 Å². The lowest BCUT2D eigenvalue weighted by Crippen LogP contribution is -2.28. The van der Waals surface area contributed by atoms with Crippen molar-refractivity contribution in [3.05, 3.63) is 68.4 Å². The zero-order valence-electron chi connectivity index (χ0n) is 34.4. The van der Waals surface area contributed by atoms with Crippen molar-refractivity contribution in [3.63, 3.8) is 0 Å². The van der Waals surface area contributed by atoms with E-state index in [9.17, 15) is 0 Å². The molecule has 0 aliphatic heterocycles. The van der Waals surface area contributed by atoms with E-state index in [0.717, 1.165) is 22.3 Å². The Kier molecular flexibility index (Phi) is 35.1. The van der Waals surface area contributed by atoms with Crippen molar-refractivity contribution in [2.75, 3.05) is 7.05 Å². The second-order valence-corrected chi connectivity index (χ2v) is 13.0. The van der Waals surface area contributed by atoms with Crippen LogP contribution in [0.3, 0.4) is 0 Å². The fourth-order valence-electron chi connectivity index (χ4n) is 5.96. The van der Waals surface area contributed by atoms with Gasteiger partial charge in [0.2, 0.25) is 0 Å². The van der Waals surface area contributed by atoms with Crippen molar-refractivity contribution in [3.8, 4) is 0 Å². The van der Waals surface area contributed by atoms with Crippen LogP contribution >= 0.6 is 0 Å². The summed E-state index contributed by atoms with van der Waals surface area (Å²) in [5.74, 6) is 2.12. The van der Waals surface area contributed by atoms with Gasteiger partial charge in [-0.1, -0.05) is 212 Å². The molecule has 0 heterocycles. The molecule has 3 rings (SSSR count). The molecule has 0 amide bonds. The van der Waals surface area contributed by atoms with Gasteiger partial charge in [-0.3, -0.25) is 0 Å². The second-order valence-electron chi connectivity index (χ2n) is 13.0. The summed E-state index contributed by atoms with van der Waals surface area (Å²) in [4.78, 5) is 0. The van der Waals surface area contributed by atoms with Crippen molar-refractivity contribution in [1.82, 2.24) is 5.32 Å². The lowest BCUT2D eigenvalue weighted by molar-refractivity contribution is 0.336. The number of hydrogen-bond acceptors (Lipinski definition) is 1. The lowest BCUT2D eigenvalue weighted by Gasteiger charge is -2.20. The molecule has 0 aromatic heterocycles. The van der Waals surface area contributed by atoms with Gasteiger partial charge in [0.25, 0.3) is 0 Å². The van der Waals surface area contributed by atoms with E-state index in [1.54, 1.807) is 0 Å². The molecule has 1 N–H and O–H groups in total. The molecule has 1 unspecified atom stereocenters. The van der Waals surface area contributed by atoms with Crippen LogP contribution in [0.1, 0.15) is 177 Å². The van der Waals surface area contributed by atoms with Crippen molar-refractivity contribution < 1.29 is 0 Å². The maximum Gasteiger partial charge on any atom is 0.0152 e. The summed E-state index contributed by atoms with van der Waals surface area (Å²) in [6, 6.07) is 12.7. The minimum absolute atomic E-state index is 1.02. The van der Waals surface area contributed by atoms with Crippen LogP contribution in [0.5, 0.6) is 0 Å². The number of unbranched alkanes of at least 4 members (excludes halogenated alkanes) is 2. The average molecular weight is 650 g/mol. The fraction of sp³-hybridized carbons (Fsp3) is 0.652. The highest BCUT2D eigenvalue weighted by Gasteiger charge is 2.11. The molecule has 1 saturated carbocycles. The fourth-order valence-corrected chi connectivity index (χ4v) is 5.96. The Morgan fingerprint density at radius 2 is 1.21 bits per heavy atom. The molecule has 0 radical (unpaired) electrons. The Balaban J connectivity index is -0.000000531. The van der Waals surface area contributed by atoms with Crippen LogP contribution in [0, 0.1) is 25.7 Å². The van der Waals surface area contributed by atoms with Gasteiger partial charge in [-0.25, -0.2) is 0 Å². The summed E-state index contributed by atoms with van der Waals surface area (Å²) >= 11 is 0. The van der Waals surface area contributed by atoms with Crippen LogP contribution in [0.2, 0.25) is 0 Å². The Labute approximate surface area is 296 Å². The molecule has 1 fully saturated rings. The van der Waals surface area contributed by atoms with Crippen LogP contribution in [0.15, 0.2) is 36.4 Å². The molecule has 1 aliphatic rings. The average Bonchev–Trinajstić information content (AvgIpc) is 3.07. The van der Waals surface area contributed by atoms with E-state index in [4.69, 9.17) is 0 Å². The van der Waals surface area contributed by atoms with E-state index in [1.807, 2.05) is 34.7 Å². The first-order chi connectivity index (χ1) is 22.5. The predicted molar refractivity (Wildman–Crippen MR) is 222 cm³/mol. The topological polar surface area (TPSA) is 12.0 Å². The molecule has 0 spiro atoms. The first kappa shape index (κ1) is 49.1. The summed E-state index contributed by atoms with van der Waals surface area (Å²) in [6.07, 6.45) is 20.3. The summed E-state index contributed by atoms with van der Waals surface area (Å²) < 4.78 is 0. The van der Waals surface area contributed by atoms with Crippen LogP contribution < -0.4 is 26.2 Å². The third-order valence-corrected chi connectivity index (χ3v) is 8.75. The molecule has 1 atom stereocenters. The van der Waals surface area contributed by atoms with E-state index >= 15 is 0 Å². The highest BCUT2D eigenvalue weighted by atomic mass is 14.8. The summed E-state index contributed by atoms with van der Waals surface area (Å²) in [7, 11) is 1.93. The van der Waals surface area contributed by atoms with Gasteiger partial charge in [-0.05, 0) is 67.3 Å². The molecule has 0 bridgehead atoms. The van der Waals surface area contributed by atoms with Crippen molar-refractivity contribution in [2.45, 2.75) is 180 Å². The molecule has 272 valence electrons. The number of hydrogen-bond donors (Lipinski definition) is 1. The number of nitrogens with one attached hydrogen (secondary N) is 1. The Morgan fingerprint density at radius 1 is 0.702 bits per heavy atom. The normalized spacial score (nSPS) is 13.1. The Bertz CT molecular complexity index is 1190. The number of aryl methyl sites for hydroxylation is 2. The molecule has 47 heavy (non-hydrogen) atoms. The first-order valence-electron chi connectivity index (χ1n) is 19.7. The van der Waals surface area contributed by atoms with Crippen LogP contribution in [-0.4, -0.2) is 7.05 Å². The van der Waals surface area contributed by atoms with Crippen molar-refractivity contribution >= 4 is 24.4 Å². The molecule has 0 saturated heterocycles. The highest BCUT2D eigenvalue weighted by Crippen LogP contribution is 2.26. The molecule has 1 nitrogen and oxygen atoms in total. The quantitative estimate of drug-likeness (QED) is 0.253. The van der Waals surface area contributed by atoms with Gasteiger partial charge in [0.1, 0.15) is 0 Å². The Hall–Kier alpha value is -2.28. The maximum atomic E-state index is 3.99. The largest absolute Gasteiger partial charge is 0.391 e. The second kappa shape index (κ2) is 33.6. The standard InChI is InChI=1S/C11H15N.C11H14.C11H24.C9H18.2C2H6/c1-8-5-6-11(9(2)7-8)10(3)12-4;1-8(2)11-6-5-9(3)7-10(11)4;1-4-7-8-10-11(6-3)9-5-2;1-2-6-9-7-4-3-5-8-9;2*1-2/h5-7,12H,2H2,1,3-4H3;5-7H,4H2,1-3H3;11H,4-10H2,1-3H3;9H,2-8H2,1H3;2*1-2H3/b11-10-;;;;;. The van der Waals surface area contributed by atoms with Crippen LogP contribution in [-0.2, 0) is 0 Å². The van der Waals surface area contributed by atoms with E-state index in [2.05, 4.69) is 117 Å². The summed E-state index contributed by atoms with van der Waals surface area (Å²) in [5, 5.41) is 7.80. The minimum Gasteiger partial charge on any atom is -0.391 e. The van der Waals surface area contributed by atoms with E-state index in [0.29, 0.717) is 0 Å². The third kappa shape index (κ3) is 25.4.